The summed E-state index contributed by atoms with van der Waals surface area (Å²) >= 11 is 4.14. The number of amides is 1. The van der Waals surface area contributed by atoms with Crippen molar-refractivity contribution in [2.24, 2.45) is 0 Å². The Morgan fingerprint density at radius 3 is 2.58 bits per heavy atom. The smallest absolute Gasteiger partial charge is 0.418 e. The second-order valence-electron chi connectivity index (χ2n) is 4.24. The number of ether oxygens (including phenoxy) is 1. The second kappa shape index (κ2) is 4.96. The van der Waals surface area contributed by atoms with Gasteiger partial charge in [0.2, 0.25) is 5.91 Å². The highest BCUT2D eigenvalue weighted by Crippen LogP contribution is 2.40. The molecule has 0 N–H and O–H groups in total. The number of methoxy groups -OCH3 is 1. The Morgan fingerprint density at radius 1 is 1.42 bits per heavy atom. The van der Waals surface area contributed by atoms with Crippen molar-refractivity contribution >= 4 is 24.2 Å². The fourth-order valence-corrected chi connectivity index (χ4v) is 2.35. The standard InChI is InChI=1S/C12H12F3NO2S/c1-18-7-2-3-10(9(4-7)12(13,14)15)16-6-8(19)5-11(16)17/h2-4,8,19H,5-6H2,1H3. The Kier molecular flexibility index (Phi) is 3.66. The predicted molar refractivity (Wildman–Crippen MR) is 67.7 cm³/mol. The minimum atomic E-state index is -4.54. The van der Waals surface area contributed by atoms with Crippen LogP contribution in [0.15, 0.2) is 18.2 Å². The van der Waals surface area contributed by atoms with Gasteiger partial charge in [-0.1, -0.05) is 0 Å². The van der Waals surface area contributed by atoms with Crippen molar-refractivity contribution in [1.82, 2.24) is 0 Å². The number of hydrogen-bond acceptors (Lipinski definition) is 3. The van der Waals surface area contributed by atoms with Crippen LogP contribution in [-0.4, -0.2) is 24.8 Å². The molecule has 0 radical (unpaired) electrons. The molecule has 3 nitrogen and oxygen atoms in total. The Labute approximate surface area is 113 Å². The molecule has 1 unspecified atom stereocenters. The molecule has 1 atom stereocenters. The third kappa shape index (κ3) is 2.80. The van der Waals surface area contributed by atoms with Gasteiger partial charge in [-0.3, -0.25) is 4.79 Å². The van der Waals surface area contributed by atoms with Crippen LogP contribution < -0.4 is 9.64 Å². The van der Waals surface area contributed by atoms with Crippen molar-refractivity contribution in [2.75, 3.05) is 18.6 Å². The van der Waals surface area contributed by atoms with Gasteiger partial charge in [0.1, 0.15) is 5.75 Å². The summed E-state index contributed by atoms with van der Waals surface area (Å²) in [6.45, 7) is 0.178. The van der Waals surface area contributed by atoms with Crippen molar-refractivity contribution in [3.05, 3.63) is 23.8 Å². The van der Waals surface area contributed by atoms with Crippen LogP contribution in [0.1, 0.15) is 12.0 Å². The number of anilines is 1. The molecule has 1 amide bonds. The van der Waals surface area contributed by atoms with E-state index in [-0.39, 0.29) is 35.6 Å². The lowest BCUT2D eigenvalue weighted by molar-refractivity contribution is -0.137. The van der Waals surface area contributed by atoms with E-state index < -0.39 is 11.7 Å². The third-order valence-corrected chi connectivity index (χ3v) is 3.25. The largest absolute Gasteiger partial charge is 0.497 e. The van der Waals surface area contributed by atoms with Crippen LogP contribution in [-0.2, 0) is 11.0 Å². The van der Waals surface area contributed by atoms with Gasteiger partial charge in [-0.15, -0.1) is 0 Å². The van der Waals surface area contributed by atoms with E-state index in [1.165, 1.54) is 19.2 Å². The molecule has 0 aromatic heterocycles. The monoisotopic (exact) mass is 291 g/mol. The number of carbonyl (C=O) groups is 1. The highest BCUT2D eigenvalue weighted by Gasteiger charge is 2.38. The zero-order valence-corrected chi connectivity index (χ0v) is 11.0. The molecule has 1 heterocycles. The molecule has 7 heteroatoms. The summed E-state index contributed by atoms with van der Waals surface area (Å²) in [7, 11) is 1.29. The molecule has 1 saturated heterocycles. The van der Waals surface area contributed by atoms with Gasteiger partial charge in [-0.25, -0.2) is 0 Å². The van der Waals surface area contributed by atoms with Crippen molar-refractivity contribution < 1.29 is 22.7 Å². The number of hydrogen-bond donors (Lipinski definition) is 1. The normalized spacial score (nSPS) is 19.9. The molecule has 0 bridgehead atoms. The van der Waals surface area contributed by atoms with Gasteiger partial charge in [0.05, 0.1) is 18.4 Å². The lowest BCUT2D eigenvalue weighted by atomic mass is 10.1. The summed E-state index contributed by atoms with van der Waals surface area (Å²) in [5.41, 5.74) is -1.02. The molecule has 1 aromatic carbocycles. The fourth-order valence-electron chi connectivity index (χ4n) is 2.03. The molecule has 0 aliphatic carbocycles. The first-order valence-corrected chi connectivity index (χ1v) is 6.08. The quantitative estimate of drug-likeness (QED) is 0.849. The molecule has 19 heavy (non-hydrogen) atoms. The van der Waals surface area contributed by atoms with E-state index in [2.05, 4.69) is 12.6 Å². The Morgan fingerprint density at radius 2 is 2.11 bits per heavy atom. The molecule has 1 aliphatic heterocycles. The molecule has 1 aromatic rings. The number of benzene rings is 1. The number of carbonyl (C=O) groups excluding carboxylic acids is 1. The van der Waals surface area contributed by atoms with E-state index in [1.54, 1.807) is 0 Å². The van der Waals surface area contributed by atoms with Gasteiger partial charge in [0.25, 0.3) is 0 Å². The molecule has 104 valence electrons. The SMILES string of the molecule is COc1ccc(N2CC(S)CC2=O)c(C(F)(F)F)c1. The van der Waals surface area contributed by atoms with E-state index in [9.17, 15) is 18.0 Å². The maximum absolute atomic E-state index is 13.0. The Bertz CT molecular complexity index is 504. The maximum atomic E-state index is 13.0. The number of halogens is 3. The zero-order valence-electron chi connectivity index (χ0n) is 10.1. The summed E-state index contributed by atoms with van der Waals surface area (Å²) in [5.74, 6) is -0.249. The molecule has 0 saturated carbocycles. The first-order valence-electron chi connectivity index (χ1n) is 5.56. The predicted octanol–water partition coefficient (Wildman–Crippen LogP) is 2.75. The minimum Gasteiger partial charge on any atom is -0.497 e. The molecule has 1 aliphatic rings. The zero-order chi connectivity index (χ0) is 14.2. The van der Waals surface area contributed by atoms with Gasteiger partial charge >= 0.3 is 6.18 Å². The summed E-state index contributed by atoms with van der Waals surface area (Å²) in [6, 6.07) is 3.56. The fraction of sp³-hybridized carbons (Fsp3) is 0.417. The van der Waals surface area contributed by atoms with Crippen LogP contribution in [0.4, 0.5) is 18.9 Å². The van der Waals surface area contributed by atoms with Gasteiger partial charge in [-0.2, -0.15) is 25.8 Å². The first-order chi connectivity index (χ1) is 8.82. The van der Waals surface area contributed by atoms with Gasteiger partial charge < -0.3 is 9.64 Å². The number of rotatable bonds is 2. The van der Waals surface area contributed by atoms with E-state index >= 15 is 0 Å². The van der Waals surface area contributed by atoms with Crippen LogP contribution in [0.5, 0.6) is 5.75 Å². The lowest BCUT2D eigenvalue weighted by Gasteiger charge is -2.22. The molecule has 2 rings (SSSR count). The van der Waals surface area contributed by atoms with Crippen molar-refractivity contribution in [2.45, 2.75) is 17.8 Å². The highest BCUT2D eigenvalue weighted by atomic mass is 32.1. The maximum Gasteiger partial charge on any atom is 0.418 e. The average molecular weight is 291 g/mol. The van der Waals surface area contributed by atoms with E-state index in [0.717, 1.165) is 11.0 Å². The Hall–Kier alpha value is -1.37. The summed E-state index contributed by atoms with van der Waals surface area (Å²) < 4.78 is 43.9. The van der Waals surface area contributed by atoms with Gasteiger partial charge in [0.15, 0.2) is 0 Å². The average Bonchev–Trinajstić information content (AvgIpc) is 2.66. The van der Waals surface area contributed by atoms with Crippen LogP contribution in [0, 0.1) is 0 Å². The van der Waals surface area contributed by atoms with Crippen LogP contribution in [0.25, 0.3) is 0 Å². The summed E-state index contributed by atoms with van der Waals surface area (Å²) in [5, 5.41) is -0.240. The number of nitrogens with zero attached hydrogens (tertiary/aromatic N) is 1. The second-order valence-corrected chi connectivity index (χ2v) is 4.97. The van der Waals surface area contributed by atoms with E-state index in [0.29, 0.717) is 0 Å². The van der Waals surface area contributed by atoms with Crippen LogP contribution in [0.2, 0.25) is 0 Å². The van der Waals surface area contributed by atoms with Crippen LogP contribution in [0.3, 0.4) is 0 Å². The molecule has 1 fully saturated rings. The molecule has 0 spiro atoms. The minimum absolute atomic E-state index is 0.102. The number of alkyl halides is 3. The Balaban J connectivity index is 2.48. The van der Waals surface area contributed by atoms with E-state index in [1.807, 2.05) is 0 Å². The topological polar surface area (TPSA) is 29.5 Å². The van der Waals surface area contributed by atoms with Crippen molar-refractivity contribution in [3.63, 3.8) is 0 Å². The number of thiol groups is 1. The van der Waals surface area contributed by atoms with Gasteiger partial charge in [0, 0.05) is 18.2 Å². The van der Waals surface area contributed by atoms with E-state index in [4.69, 9.17) is 4.74 Å². The lowest BCUT2D eigenvalue weighted by Crippen LogP contribution is -2.27. The molecular formula is C12H12F3NO2S. The third-order valence-electron chi connectivity index (χ3n) is 2.90. The van der Waals surface area contributed by atoms with Crippen molar-refractivity contribution in [3.8, 4) is 5.75 Å². The first kappa shape index (κ1) is 14.0. The summed E-state index contributed by atoms with van der Waals surface area (Å²) in [4.78, 5) is 12.8. The van der Waals surface area contributed by atoms with Gasteiger partial charge in [-0.05, 0) is 18.2 Å². The van der Waals surface area contributed by atoms with Crippen molar-refractivity contribution in [1.29, 1.82) is 0 Å². The highest BCUT2D eigenvalue weighted by molar-refractivity contribution is 7.81. The molecular weight excluding hydrogens is 279 g/mol. The summed E-state index contributed by atoms with van der Waals surface area (Å²) in [6.07, 6.45) is -4.40. The van der Waals surface area contributed by atoms with Crippen LogP contribution >= 0.6 is 12.6 Å².